The lowest BCUT2D eigenvalue weighted by Gasteiger charge is -2.09. The van der Waals surface area contributed by atoms with E-state index in [-0.39, 0.29) is 17.1 Å². The number of ether oxygens (including phenoxy) is 1. The van der Waals surface area contributed by atoms with E-state index in [1.165, 1.54) is 14.0 Å². The Kier molecular flexibility index (Phi) is 4.57. The summed E-state index contributed by atoms with van der Waals surface area (Å²) in [6, 6.07) is 8.46. The van der Waals surface area contributed by atoms with E-state index in [1.54, 1.807) is 24.3 Å². The van der Waals surface area contributed by atoms with Crippen molar-refractivity contribution >= 4 is 34.1 Å². The Labute approximate surface area is 147 Å². The molecular formula is C18H15F2N3O3. The van der Waals surface area contributed by atoms with Gasteiger partial charge in [-0.25, -0.2) is 8.78 Å². The summed E-state index contributed by atoms with van der Waals surface area (Å²) >= 11 is 0. The van der Waals surface area contributed by atoms with Crippen LogP contribution in [-0.2, 0) is 4.79 Å². The molecule has 0 aliphatic heterocycles. The molecule has 26 heavy (non-hydrogen) atoms. The van der Waals surface area contributed by atoms with E-state index in [0.717, 1.165) is 11.5 Å². The fourth-order valence-corrected chi connectivity index (χ4v) is 2.48. The molecular weight excluding hydrogens is 344 g/mol. The lowest BCUT2D eigenvalue weighted by molar-refractivity contribution is -0.114. The molecule has 0 bridgehead atoms. The first-order valence-corrected chi connectivity index (χ1v) is 7.62. The van der Waals surface area contributed by atoms with Crippen molar-refractivity contribution in [3.8, 4) is 5.75 Å². The summed E-state index contributed by atoms with van der Waals surface area (Å²) in [4.78, 5) is 26.4. The first-order chi connectivity index (χ1) is 12.4. The fourth-order valence-electron chi connectivity index (χ4n) is 2.48. The van der Waals surface area contributed by atoms with Crippen molar-refractivity contribution in [1.29, 1.82) is 0 Å². The van der Waals surface area contributed by atoms with Gasteiger partial charge in [0.15, 0.2) is 0 Å². The van der Waals surface area contributed by atoms with Crippen LogP contribution in [0.4, 0.5) is 20.2 Å². The maximum Gasteiger partial charge on any atom is 0.272 e. The zero-order valence-corrected chi connectivity index (χ0v) is 13.9. The predicted molar refractivity (Wildman–Crippen MR) is 93.5 cm³/mol. The Balaban J connectivity index is 1.88. The van der Waals surface area contributed by atoms with Crippen LogP contribution in [0, 0.1) is 11.6 Å². The summed E-state index contributed by atoms with van der Waals surface area (Å²) in [6.07, 6.45) is 0. The number of nitrogens with one attached hydrogen (secondary N) is 3. The third-order valence-corrected chi connectivity index (χ3v) is 3.69. The molecule has 1 heterocycles. The van der Waals surface area contributed by atoms with Crippen LogP contribution in [0.2, 0.25) is 0 Å². The lowest BCUT2D eigenvalue weighted by Crippen LogP contribution is -2.15. The number of halogens is 2. The van der Waals surface area contributed by atoms with E-state index < -0.39 is 23.4 Å². The van der Waals surface area contributed by atoms with E-state index in [0.29, 0.717) is 17.3 Å². The minimum atomic E-state index is -0.956. The Hall–Kier alpha value is -3.42. The van der Waals surface area contributed by atoms with Gasteiger partial charge in [-0.1, -0.05) is 0 Å². The van der Waals surface area contributed by atoms with Gasteiger partial charge in [0.1, 0.15) is 23.1 Å². The van der Waals surface area contributed by atoms with Crippen molar-refractivity contribution in [3.05, 3.63) is 53.7 Å². The van der Waals surface area contributed by atoms with Crippen LogP contribution >= 0.6 is 0 Å². The standard InChI is InChI=1S/C18H15F2N3O3/c1-9(24)21-15-8-16(13(20)7-12(15)19)23-18(25)17-5-10-3-4-11(26-2)6-14(10)22-17/h3-8,22H,1-2H3,(H,21,24)(H,23,25). The van der Waals surface area contributed by atoms with Gasteiger partial charge < -0.3 is 20.4 Å². The summed E-state index contributed by atoms with van der Waals surface area (Å²) in [5.41, 5.74) is 0.387. The number of hydrogen-bond donors (Lipinski definition) is 3. The van der Waals surface area contributed by atoms with Crippen molar-refractivity contribution in [3.63, 3.8) is 0 Å². The van der Waals surface area contributed by atoms with Gasteiger partial charge in [-0.2, -0.15) is 0 Å². The van der Waals surface area contributed by atoms with Crippen molar-refractivity contribution < 1.29 is 23.1 Å². The zero-order chi connectivity index (χ0) is 18.8. The minimum Gasteiger partial charge on any atom is -0.497 e. The lowest BCUT2D eigenvalue weighted by atomic mass is 10.2. The van der Waals surface area contributed by atoms with Crippen molar-refractivity contribution in [2.45, 2.75) is 6.92 Å². The smallest absolute Gasteiger partial charge is 0.272 e. The molecule has 0 aliphatic rings. The number of methoxy groups -OCH3 is 1. The second kappa shape index (κ2) is 6.83. The molecule has 0 fully saturated rings. The number of benzene rings is 2. The highest BCUT2D eigenvalue weighted by atomic mass is 19.1. The van der Waals surface area contributed by atoms with Gasteiger partial charge in [-0.3, -0.25) is 9.59 Å². The highest BCUT2D eigenvalue weighted by molar-refractivity contribution is 6.06. The maximum atomic E-state index is 14.0. The number of rotatable bonds is 4. The third-order valence-electron chi connectivity index (χ3n) is 3.69. The van der Waals surface area contributed by atoms with Gasteiger partial charge >= 0.3 is 0 Å². The van der Waals surface area contributed by atoms with Crippen LogP contribution in [0.1, 0.15) is 17.4 Å². The molecule has 3 rings (SSSR count). The van der Waals surface area contributed by atoms with Crippen molar-refractivity contribution in [2.24, 2.45) is 0 Å². The van der Waals surface area contributed by atoms with Crippen LogP contribution < -0.4 is 15.4 Å². The molecule has 6 nitrogen and oxygen atoms in total. The molecule has 0 atom stereocenters. The zero-order valence-electron chi connectivity index (χ0n) is 13.9. The highest BCUT2D eigenvalue weighted by Crippen LogP contribution is 2.25. The highest BCUT2D eigenvalue weighted by Gasteiger charge is 2.16. The largest absolute Gasteiger partial charge is 0.497 e. The first-order valence-electron chi connectivity index (χ1n) is 7.62. The number of amides is 2. The van der Waals surface area contributed by atoms with Crippen LogP contribution in [0.5, 0.6) is 5.75 Å². The van der Waals surface area contributed by atoms with Gasteiger partial charge in [0.25, 0.3) is 5.91 Å². The Morgan fingerprint density at radius 3 is 2.35 bits per heavy atom. The van der Waals surface area contributed by atoms with E-state index >= 15 is 0 Å². The average Bonchev–Trinajstić information content (AvgIpc) is 3.01. The Morgan fingerprint density at radius 2 is 1.69 bits per heavy atom. The number of hydrogen-bond acceptors (Lipinski definition) is 3. The second-order valence-corrected chi connectivity index (χ2v) is 5.58. The van der Waals surface area contributed by atoms with E-state index in [9.17, 15) is 18.4 Å². The molecule has 134 valence electrons. The fraction of sp³-hybridized carbons (Fsp3) is 0.111. The summed E-state index contributed by atoms with van der Waals surface area (Å²) < 4.78 is 32.7. The van der Waals surface area contributed by atoms with E-state index in [4.69, 9.17) is 4.74 Å². The third kappa shape index (κ3) is 3.49. The van der Waals surface area contributed by atoms with Gasteiger partial charge in [-0.15, -0.1) is 0 Å². The van der Waals surface area contributed by atoms with Crippen LogP contribution in [0.3, 0.4) is 0 Å². The number of fused-ring (bicyclic) bond motifs is 1. The summed E-state index contributed by atoms with van der Waals surface area (Å²) in [5, 5.41) is 5.37. The van der Waals surface area contributed by atoms with Crippen molar-refractivity contribution in [2.75, 3.05) is 17.7 Å². The van der Waals surface area contributed by atoms with Gasteiger partial charge in [0.2, 0.25) is 5.91 Å². The monoisotopic (exact) mass is 359 g/mol. The Bertz CT molecular complexity index is 1010. The number of aromatic amines is 1. The minimum absolute atomic E-state index is 0.193. The summed E-state index contributed by atoms with van der Waals surface area (Å²) in [5.74, 6) is -2.40. The number of aromatic nitrogens is 1. The van der Waals surface area contributed by atoms with E-state index in [1.807, 2.05) is 0 Å². The summed E-state index contributed by atoms with van der Waals surface area (Å²) in [6.45, 7) is 1.19. The molecule has 8 heteroatoms. The van der Waals surface area contributed by atoms with E-state index in [2.05, 4.69) is 15.6 Å². The molecule has 0 spiro atoms. The normalized spacial score (nSPS) is 10.6. The number of H-pyrrole nitrogens is 1. The van der Waals surface area contributed by atoms with Gasteiger partial charge in [0.05, 0.1) is 18.5 Å². The number of carbonyl (C=O) groups is 2. The van der Waals surface area contributed by atoms with Gasteiger partial charge in [-0.05, 0) is 24.3 Å². The molecule has 0 unspecified atom stereocenters. The average molecular weight is 359 g/mol. The molecule has 3 aromatic rings. The molecule has 1 aromatic heterocycles. The van der Waals surface area contributed by atoms with Crippen LogP contribution in [-0.4, -0.2) is 23.9 Å². The molecule has 3 N–H and O–H groups in total. The molecule has 0 radical (unpaired) electrons. The van der Waals surface area contributed by atoms with Crippen LogP contribution in [0.15, 0.2) is 36.4 Å². The van der Waals surface area contributed by atoms with Crippen molar-refractivity contribution in [1.82, 2.24) is 4.98 Å². The second-order valence-electron chi connectivity index (χ2n) is 5.58. The number of anilines is 2. The topological polar surface area (TPSA) is 83.2 Å². The SMILES string of the molecule is COc1ccc2cc(C(=O)Nc3cc(NC(C)=O)c(F)cc3F)[nH]c2c1. The maximum absolute atomic E-state index is 14.0. The molecule has 2 amide bonds. The predicted octanol–water partition coefficient (Wildman–Crippen LogP) is 3.67. The summed E-state index contributed by atoms with van der Waals surface area (Å²) in [7, 11) is 1.53. The molecule has 0 saturated carbocycles. The molecule has 2 aromatic carbocycles. The van der Waals surface area contributed by atoms with Crippen LogP contribution in [0.25, 0.3) is 10.9 Å². The molecule has 0 saturated heterocycles. The first kappa shape index (κ1) is 17.4. The number of carbonyl (C=O) groups excluding carboxylic acids is 2. The molecule has 0 aliphatic carbocycles. The Morgan fingerprint density at radius 1 is 1.00 bits per heavy atom. The van der Waals surface area contributed by atoms with Gasteiger partial charge in [0, 0.05) is 30.0 Å². The quantitative estimate of drug-likeness (QED) is 0.665.